The molecule has 4 N–H and O–H groups in total. The van der Waals surface area contributed by atoms with Crippen LogP contribution in [0.3, 0.4) is 0 Å². The lowest BCUT2D eigenvalue weighted by molar-refractivity contribution is -0.147. The van der Waals surface area contributed by atoms with Gasteiger partial charge >= 0.3 is 5.97 Å². The van der Waals surface area contributed by atoms with Gasteiger partial charge in [-0.15, -0.1) is 0 Å². The van der Waals surface area contributed by atoms with E-state index < -0.39 is 11.5 Å². The molecule has 0 aromatic rings. The normalized spacial score (nSPS) is 16.4. The Labute approximate surface area is 103 Å². The molecular weight excluding hydrogens is 220 g/mol. The molecule has 0 aliphatic rings. The Balaban J connectivity index is 4.47. The fourth-order valence-corrected chi connectivity index (χ4v) is 1.53. The molecule has 0 heterocycles. The van der Waals surface area contributed by atoms with Crippen molar-refractivity contribution in [1.29, 1.82) is 0 Å². The summed E-state index contributed by atoms with van der Waals surface area (Å²) in [7, 11) is 0. The Morgan fingerprint density at radius 1 is 1.41 bits per heavy atom. The van der Waals surface area contributed by atoms with Crippen molar-refractivity contribution < 1.29 is 14.7 Å². The van der Waals surface area contributed by atoms with Crippen LogP contribution in [0.4, 0.5) is 0 Å². The molecular formula is C12H24N2O3. The molecule has 2 unspecified atom stereocenters. The van der Waals surface area contributed by atoms with Crippen molar-refractivity contribution >= 4 is 11.9 Å². The third-order valence-corrected chi connectivity index (χ3v) is 2.91. The van der Waals surface area contributed by atoms with Crippen LogP contribution in [0.5, 0.6) is 0 Å². The minimum Gasteiger partial charge on any atom is -0.480 e. The van der Waals surface area contributed by atoms with Gasteiger partial charge in [0.1, 0.15) is 5.54 Å². The van der Waals surface area contributed by atoms with Crippen LogP contribution in [0, 0.1) is 5.92 Å². The summed E-state index contributed by atoms with van der Waals surface area (Å²) in [4.78, 5) is 22.8. The Morgan fingerprint density at radius 2 is 1.94 bits per heavy atom. The van der Waals surface area contributed by atoms with Crippen molar-refractivity contribution in [1.82, 2.24) is 5.32 Å². The van der Waals surface area contributed by atoms with Crippen LogP contribution in [0.1, 0.15) is 47.0 Å². The van der Waals surface area contributed by atoms with Crippen LogP contribution in [0.25, 0.3) is 0 Å². The standard InChI is InChI=1S/C12H24N2O3/c1-5-6-12(4,11(16)17)14-10(15)7-9(13)8(2)3/h8-9H,5-7,13H2,1-4H3,(H,14,15)(H,16,17). The van der Waals surface area contributed by atoms with Crippen molar-refractivity contribution in [2.45, 2.75) is 58.5 Å². The van der Waals surface area contributed by atoms with Gasteiger partial charge in [0.15, 0.2) is 0 Å². The summed E-state index contributed by atoms with van der Waals surface area (Å²) in [6.07, 6.45) is 1.26. The van der Waals surface area contributed by atoms with Gasteiger partial charge in [0.05, 0.1) is 0 Å². The van der Waals surface area contributed by atoms with Crippen LogP contribution in [0.15, 0.2) is 0 Å². The summed E-state index contributed by atoms with van der Waals surface area (Å²) in [6.45, 7) is 7.27. The van der Waals surface area contributed by atoms with E-state index in [1.807, 2.05) is 20.8 Å². The predicted molar refractivity (Wildman–Crippen MR) is 66.5 cm³/mol. The number of carboxylic acids is 1. The van der Waals surface area contributed by atoms with E-state index in [9.17, 15) is 9.59 Å². The van der Waals surface area contributed by atoms with Crippen molar-refractivity contribution in [3.05, 3.63) is 0 Å². The number of hydrogen-bond donors (Lipinski definition) is 3. The van der Waals surface area contributed by atoms with Crippen LogP contribution >= 0.6 is 0 Å². The molecule has 0 spiro atoms. The van der Waals surface area contributed by atoms with Crippen LogP contribution in [-0.4, -0.2) is 28.6 Å². The lowest BCUT2D eigenvalue weighted by Gasteiger charge is -2.27. The molecule has 0 radical (unpaired) electrons. The van der Waals surface area contributed by atoms with E-state index in [1.165, 1.54) is 6.92 Å². The zero-order chi connectivity index (χ0) is 13.6. The lowest BCUT2D eigenvalue weighted by atomic mass is 9.95. The molecule has 5 heteroatoms. The SMILES string of the molecule is CCCC(C)(NC(=O)CC(N)C(C)C)C(=O)O. The third kappa shape index (κ3) is 5.17. The molecule has 0 bridgehead atoms. The largest absolute Gasteiger partial charge is 0.480 e. The first-order valence-corrected chi connectivity index (χ1v) is 6.03. The van der Waals surface area contributed by atoms with Gasteiger partial charge in [0.25, 0.3) is 0 Å². The van der Waals surface area contributed by atoms with Gasteiger partial charge in [0, 0.05) is 12.5 Å². The molecule has 1 amide bonds. The van der Waals surface area contributed by atoms with Crippen molar-refractivity contribution in [3.63, 3.8) is 0 Å². The average molecular weight is 244 g/mol. The second kappa shape index (κ2) is 6.59. The molecule has 0 aliphatic heterocycles. The van der Waals surface area contributed by atoms with E-state index in [0.29, 0.717) is 12.8 Å². The fraction of sp³-hybridized carbons (Fsp3) is 0.833. The number of nitrogens with two attached hydrogens (primary N) is 1. The second-order valence-corrected chi connectivity index (χ2v) is 5.05. The smallest absolute Gasteiger partial charge is 0.329 e. The summed E-state index contributed by atoms with van der Waals surface area (Å²) in [5, 5.41) is 11.7. The van der Waals surface area contributed by atoms with Gasteiger partial charge in [0.2, 0.25) is 5.91 Å². The molecule has 5 nitrogen and oxygen atoms in total. The van der Waals surface area contributed by atoms with Gasteiger partial charge in [-0.2, -0.15) is 0 Å². The molecule has 0 fully saturated rings. The maximum atomic E-state index is 11.7. The van der Waals surface area contributed by atoms with E-state index in [4.69, 9.17) is 10.8 Å². The Bertz CT molecular complexity index is 279. The lowest BCUT2D eigenvalue weighted by Crippen LogP contribution is -2.53. The Hall–Kier alpha value is -1.10. The summed E-state index contributed by atoms with van der Waals surface area (Å²) in [5.74, 6) is -1.11. The van der Waals surface area contributed by atoms with E-state index in [2.05, 4.69) is 5.32 Å². The molecule has 0 aromatic heterocycles. The van der Waals surface area contributed by atoms with Crippen LogP contribution < -0.4 is 11.1 Å². The van der Waals surface area contributed by atoms with Crippen LogP contribution in [-0.2, 0) is 9.59 Å². The number of carbonyl (C=O) groups is 2. The second-order valence-electron chi connectivity index (χ2n) is 5.05. The fourth-order valence-electron chi connectivity index (χ4n) is 1.53. The van der Waals surface area contributed by atoms with E-state index in [-0.39, 0.29) is 24.3 Å². The minimum atomic E-state index is -1.19. The van der Waals surface area contributed by atoms with E-state index in [1.54, 1.807) is 0 Å². The van der Waals surface area contributed by atoms with Crippen LogP contribution in [0.2, 0.25) is 0 Å². The van der Waals surface area contributed by atoms with Crippen molar-refractivity contribution in [3.8, 4) is 0 Å². The third-order valence-electron chi connectivity index (χ3n) is 2.91. The van der Waals surface area contributed by atoms with Crippen molar-refractivity contribution in [2.75, 3.05) is 0 Å². The Morgan fingerprint density at radius 3 is 2.29 bits per heavy atom. The minimum absolute atomic E-state index is 0.157. The van der Waals surface area contributed by atoms with Gasteiger partial charge in [-0.1, -0.05) is 27.2 Å². The number of nitrogens with one attached hydrogen (secondary N) is 1. The maximum absolute atomic E-state index is 11.7. The number of amides is 1. The highest BCUT2D eigenvalue weighted by atomic mass is 16.4. The first-order chi connectivity index (χ1) is 7.73. The number of aliphatic carboxylic acids is 1. The van der Waals surface area contributed by atoms with Gasteiger partial charge < -0.3 is 16.2 Å². The topological polar surface area (TPSA) is 92.4 Å². The molecule has 0 rings (SSSR count). The molecule has 17 heavy (non-hydrogen) atoms. The molecule has 0 aromatic carbocycles. The highest BCUT2D eigenvalue weighted by Crippen LogP contribution is 2.13. The quantitative estimate of drug-likeness (QED) is 0.625. The molecule has 2 atom stereocenters. The summed E-state index contributed by atoms with van der Waals surface area (Å²) in [6, 6.07) is -0.241. The summed E-state index contributed by atoms with van der Waals surface area (Å²) in [5.41, 5.74) is 4.59. The summed E-state index contributed by atoms with van der Waals surface area (Å²) < 4.78 is 0. The first kappa shape index (κ1) is 15.9. The van der Waals surface area contributed by atoms with Gasteiger partial charge in [-0.3, -0.25) is 4.79 Å². The zero-order valence-corrected chi connectivity index (χ0v) is 11.1. The number of rotatable bonds is 7. The number of carboxylic acid groups (broad SMARTS) is 1. The summed E-state index contributed by atoms with van der Waals surface area (Å²) >= 11 is 0. The molecule has 0 saturated heterocycles. The molecule has 0 aliphatic carbocycles. The van der Waals surface area contributed by atoms with Gasteiger partial charge in [-0.25, -0.2) is 4.79 Å². The highest BCUT2D eigenvalue weighted by molar-refractivity contribution is 5.86. The Kier molecular flexibility index (Phi) is 6.16. The molecule has 100 valence electrons. The van der Waals surface area contributed by atoms with Gasteiger partial charge in [-0.05, 0) is 19.3 Å². The van der Waals surface area contributed by atoms with E-state index >= 15 is 0 Å². The maximum Gasteiger partial charge on any atom is 0.329 e. The van der Waals surface area contributed by atoms with Crippen molar-refractivity contribution in [2.24, 2.45) is 11.7 Å². The van der Waals surface area contributed by atoms with E-state index in [0.717, 1.165) is 0 Å². The zero-order valence-electron chi connectivity index (χ0n) is 11.1. The predicted octanol–water partition coefficient (Wildman–Crippen LogP) is 1.12. The average Bonchev–Trinajstić information content (AvgIpc) is 2.16. The number of hydrogen-bond acceptors (Lipinski definition) is 3. The number of carbonyl (C=O) groups excluding carboxylic acids is 1. The molecule has 0 saturated carbocycles. The first-order valence-electron chi connectivity index (χ1n) is 6.03. The monoisotopic (exact) mass is 244 g/mol. The highest BCUT2D eigenvalue weighted by Gasteiger charge is 2.34.